The number of benzene rings is 1. The molecule has 0 heterocycles. The van der Waals surface area contributed by atoms with Crippen LogP contribution in [-0.2, 0) is 11.2 Å². The van der Waals surface area contributed by atoms with Gasteiger partial charge < -0.3 is 15.2 Å². The predicted octanol–water partition coefficient (Wildman–Crippen LogP) is 3.16. The van der Waals surface area contributed by atoms with Crippen LogP contribution in [0.15, 0.2) is 18.2 Å². The summed E-state index contributed by atoms with van der Waals surface area (Å²) in [5.41, 5.74) is 1.01. The minimum absolute atomic E-state index is 0.338. The molecule has 0 fully saturated rings. The Morgan fingerprint density at radius 3 is 2.63 bits per heavy atom. The van der Waals surface area contributed by atoms with Gasteiger partial charge >= 0.3 is 0 Å². The van der Waals surface area contributed by atoms with Crippen LogP contribution in [0.2, 0.25) is 10.0 Å². The summed E-state index contributed by atoms with van der Waals surface area (Å²) >= 11 is 11.9. The van der Waals surface area contributed by atoms with Crippen molar-refractivity contribution in [2.45, 2.75) is 26.4 Å². The summed E-state index contributed by atoms with van der Waals surface area (Å²) in [6.45, 7) is 5.58. The lowest BCUT2D eigenvalue weighted by molar-refractivity contribution is 0.0648. The maximum atomic E-state index is 9.41. The van der Waals surface area contributed by atoms with Crippen LogP contribution in [0.3, 0.4) is 0 Å². The van der Waals surface area contributed by atoms with Crippen molar-refractivity contribution in [2.24, 2.45) is 0 Å². The van der Waals surface area contributed by atoms with Gasteiger partial charge in [-0.1, -0.05) is 37.0 Å². The van der Waals surface area contributed by atoms with Crippen molar-refractivity contribution >= 4 is 23.2 Å². The highest BCUT2D eigenvalue weighted by Gasteiger charge is 2.04. The molecule has 1 rings (SSSR count). The summed E-state index contributed by atoms with van der Waals surface area (Å²) in [5, 5.41) is 13.9. The molecule has 1 aromatic carbocycles. The summed E-state index contributed by atoms with van der Waals surface area (Å²) in [6, 6.07) is 5.42. The second kappa shape index (κ2) is 11.5. The molecule has 0 aromatic heterocycles. The molecule has 0 bridgehead atoms. The Balaban J connectivity index is 0.00000154. The van der Waals surface area contributed by atoms with E-state index in [4.69, 9.17) is 27.9 Å². The molecule has 5 heteroatoms. The van der Waals surface area contributed by atoms with Crippen LogP contribution >= 0.6 is 23.2 Å². The number of rotatable bonds is 7. The van der Waals surface area contributed by atoms with E-state index in [2.05, 4.69) is 5.32 Å². The van der Waals surface area contributed by atoms with Crippen molar-refractivity contribution in [3.63, 3.8) is 0 Å². The number of halogens is 2. The van der Waals surface area contributed by atoms with Gasteiger partial charge in [0.25, 0.3) is 0 Å². The summed E-state index contributed by atoms with van der Waals surface area (Å²) < 4.78 is 4.83. The normalized spacial score (nSPS) is 11.7. The minimum Gasteiger partial charge on any atom is -0.389 e. The van der Waals surface area contributed by atoms with Crippen LogP contribution in [0, 0.1) is 0 Å². The van der Waals surface area contributed by atoms with E-state index in [-0.39, 0.29) is 0 Å². The molecule has 3 nitrogen and oxygen atoms in total. The Hall–Kier alpha value is -0.320. The topological polar surface area (TPSA) is 41.5 Å². The van der Waals surface area contributed by atoms with Gasteiger partial charge in [-0.2, -0.15) is 0 Å². The molecule has 0 aliphatic carbocycles. The lowest BCUT2D eigenvalue weighted by atomic mass is 10.1. The molecule has 0 saturated heterocycles. The monoisotopic (exact) mass is 307 g/mol. The highest BCUT2D eigenvalue weighted by Crippen LogP contribution is 2.20. The van der Waals surface area contributed by atoms with E-state index >= 15 is 0 Å². The molecule has 0 spiro atoms. The molecule has 110 valence electrons. The fourth-order valence-electron chi connectivity index (χ4n) is 1.48. The number of aliphatic hydroxyl groups excluding tert-OH is 1. The number of nitrogens with one attached hydrogen (secondary N) is 1. The molecule has 2 N–H and O–H groups in total. The molecular weight excluding hydrogens is 285 g/mol. The van der Waals surface area contributed by atoms with Gasteiger partial charge in [0.2, 0.25) is 0 Å². The van der Waals surface area contributed by atoms with Crippen molar-refractivity contribution in [1.82, 2.24) is 5.32 Å². The third-order valence-corrected chi connectivity index (χ3v) is 2.92. The van der Waals surface area contributed by atoms with Crippen molar-refractivity contribution in [1.29, 1.82) is 0 Å². The van der Waals surface area contributed by atoms with Gasteiger partial charge in [0, 0.05) is 23.7 Å². The Morgan fingerprint density at radius 1 is 1.32 bits per heavy atom. The van der Waals surface area contributed by atoms with Crippen LogP contribution in [0.25, 0.3) is 0 Å². The van der Waals surface area contributed by atoms with Gasteiger partial charge in [-0.15, -0.1) is 0 Å². The number of hydrogen-bond acceptors (Lipinski definition) is 3. The van der Waals surface area contributed by atoms with Crippen LogP contribution in [0.5, 0.6) is 0 Å². The van der Waals surface area contributed by atoms with E-state index in [1.807, 2.05) is 19.9 Å². The van der Waals surface area contributed by atoms with Gasteiger partial charge in [0.15, 0.2) is 0 Å². The van der Waals surface area contributed by atoms with E-state index in [9.17, 15) is 5.11 Å². The maximum absolute atomic E-state index is 9.41. The molecule has 19 heavy (non-hydrogen) atoms. The lowest BCUT2D eigenvalue weighted by Crippen LogP contribution is -2.31. The summed E-state index contributed by atoms with van der Waals surface area (Å²) in [7, 11) is 1.56. The number of ether oxygens (including phenoxy) is 1. The molecule has 0 radical (unpaired) electrons. The van der Waals surface area contributed by atoms with Gasteiger partial charge in [-0.25, -0.2) is 0 Å². The largest absolute Gasteiger partial charge is 0.389 e. The van der Waals surface area contributed by atoms with Crippen LogP contribution in [0.4, 0.5) is 0 Å². The Bertz CT molecular complexity index is 348. The van der Waals surface area contributed by atoms with Crippen molar-refractivity contribution in [2.75, 3.05) is 26.8 Å². The SMILES string of the molecule is CC.COCC(O)CNCCc1cc(Cl)ccc1Cl. The Morgan fingerprint density at radius 2 is 2.00 bits per heavy atom. The third kappa shape index (κ3) is 8.45. The third-order valence-electron chi connectivity index (χ3n) is 2.32. The molecule has 1 aromatic rings. The first kappa shape index (κ1) is 18.7. The molecule has 1 atom stereocenters. The minimum atomic E-state index is -0.477. The van der Waals surface area contributed by atoms with Gasteiger partial charge in [0.1, 0.15) is 0 Å². The van der Waals surface area contributed by atoms with Crippen molar-refractivity contribution in [3.05, 3.63) is 33.8 Å². The Labute approximate surface area is 125 Å². The summed E-state index contributed by atoms with van der Waals surface area (Å²) in [6.07, 6.45) is 0.300. The Kier molecular flexibility index (Phi) is 11.3. The highest BCUT2D eigenvalue weighted by molar-refractivity contribution is 6.33. The molecule has 1 unspecified atom stereocenters. The smallest absolute Gasteiger partial charge is 0.0897 e. The lowest BCUT2D eigenvalue weighted by Gasteiger charge is -2.11. The predicted molar refractivity (Wildman–Crippen MR) is 82.3 cm³/mol. The summed E-state index contributed by atoms with van der Waals surface area (Å²) in [4.78, 5) is 0. The van der Waals surface area contributed by atoms with Crippen molar-refractivity contribution in [3.8, 4) is 0 Å². The number of aliphatic hydroxyl groups is 1. The highest BCUT2D eigenvalue weighted by atomic mass is 35.5. The van der Waals surface area contributed by atoms with Crippen LogP contribution in [0.1, 0.15) is 19.4 Å². The van der Waals surface area contributed by atoms with E-state index < -0.39 is 6.10 Å². The van der Waals surface area contributed by atoms with Crippen LogP contribution in [-0.4, -0.2) is 38.0 Å². The van der Waals surface area contributed by atoms with E-state index in [0.29, 0.717) is 23.2 Å². The standard InChI is InChI=1S/C12H17Cl2NO2.C2H6/c1-17-8-11(16)7-15-5-4-9-6-10(13)2-3-12(9)14;1-2/h2-3,6,11,15-16H,4-5,7-8H2,1H3;1-2H3. The number of methoxy groups -OCH3 is 1. The quantitative estimate of drug-likeness (QED) is 0.760. The fraction of sp³-hybridized carbons (Fsp3) is 0.571. The maximum Gasteiger partial charge on any atom is 0.0897 e. The molecule has 0 aliphatic rings. The second-order valence-electron chi connectivity index (χ2n) is 3.80. The summed E-state index contributed by atoms with van der Waals surface area (Å²) in [5.74, 6) is 0. The second-order valence-corrected chi connectivity index (χ2v) is 4.64. The average molecular weight is 308 g/mol. The molecule has 0 saturated carbocycles. The van der Waals surface area contributed by atoms with Crippen molar-refractivity contribution < 1.29 is 9.84 Å². The zero-order valence-corrected chi connectivity index (χ0v) is 13.3. The zero-order valence-electron chi connectivity index (χ0n) is 11.7. The average Bonchev–Trinajstić information content (AvgIpc) is 2.41. The van der Waals surface area contributed by atoms with Gasteiger partial charge in [0.05, 0.1) is 12.7 Å². The van der Waals surface area contributed by atoms with Gasteiger partial charge in [-0.05, 0) is 36.7 Å². The fourth-order valence-corrected chi connectivity index (χ4v) is 1.88. The van der Waals surface area contributed by atoms with E-state index in [1.165, 1.54) is 0 Å². The first-order valence-corrected chi connectivity index (χ1v) is 7.20. The van der Waals surface area contributed by atoms with Gasteiger partial charge in [-0.3, -0.25) is 0 Å². The first-order chi connectivity index (χ1) is 9.13. The molecule has 0 aliphatic heterocycles. The van der Waals surface area contributed by atoms with Crippen LogP contribution < -0.4 is 5.32 Å². The first-order valence-electron chi connectivity index (χ1n) is 6.45. The molecular formula is C14H23Cl2NO2. The van der Waals surface area contributed by atoms with E-state index in [0.717, 1.165) is 18.5 Å². The molecule has 0 amide bonds. The zero-order chi connectivity index (χ0) is 14.7. The number of hydrogen-bond donors (Lipinski definition) is 2. The van der Waals surface area contributed by atoms with E-state index in [1.54, 1.807) is 19.2 Å².